The van der Waals surface area contributed by atoms with Gasteiger partial charge in [-0.25, -0.2) is 0 Å². The van der Waals surface area contributed by atoms with Crippen LogP contribution in [0.3, 0.4) is 0 Å². The maximum absolute atomic E-state index is 12.9. The molecule has 0 unspecified atom stereocenters. The van der Waals surface area contributed by atoms with Gasteiger partial charge in [0.05, 0.1) is 23.7 Å². The van der Waals surface area contributed by atoms with Gasteiger partial charge < -0.3 is 14.7 Å². The summed E-state index contributed by atoms with van der Waals surface area (Å²) in [6.45, 7) is 4.91. The Morgan fingerprint density at radius 2 is 1.69 bits per heavy atom. The van der Waals surface area contributed by atoms with Gasteiger partial charge in [0.1, 0.15) is 0 Å². The molecule has 182 valence electrons. The smallest absolute Gasteiger partial charge is 0.242 e. The number of carbonyl (C=O) groups excluding carboxylic acids is 2. The Bertz CT molecular complexity index is 1170. The fraction of sp³-hybridized carbons (Fsp3) is 0.308. The number of piperazine rings is 1. The van der Waals surface area contributed by atoms with Crippen LogP contribution in [0.5, 0.6) is 0 Å². The summed E-state index contributed by atoms with van der Waals surface area (Å²) in [5.74, 6) is 0.674. The van der Waals surface area contributed by atoms with Gasteiger partial charge in [0, 0.05) is 43.3 Å². The lowest BCUT2D eigenvalue weighted by Gasteiger charge is -2.36. The van der Waals surface area contributed by atoms with Crippen LogP contribution in [0.2, 0.25) is 10.0 Å². The molecule has 1 aliphatic heterocycles. The summed E-state index contributed by atoms with van der Waals surface area (Å²) in [5.41, 5.74) is 2.39. The molecule has 0 aliphatic carbocycles. The second kappa shape index (κ2) is 11.5. The van der Waals surface area contributed by atoms with Gasteiger partial charge in [-0.05, 0) is 42.8 Å². The van der Waals surface area contributed by atoms with Crippen molar-refractivity contribution in [3.05, 3.63) is 76.3 Å². The van der Waals surface area contributed by atoms with Crippen molar-refractivity contribution in [2.75, 3.05) is 44.2 Å². The van der Waals surface area contributed by atoms with E-state index < -0.39 is 0 Å². The van der Waals surface area contributed by atoms with Crippen LogP contribution >= 0.6 is 23.2 Å². The van der Waals surface area contributed by atoms with E-state index in [0.717, 1.165) is 16.9 Å². The Labute approximate surface area is 215 Å². The number of halogens is 2. The van der Waals surface area contributed by atoms with Crippen molar-refractivity contribution < 1.29 is 9.59 Å². The molecule has 35 heavy (non-hydrogen) atoms. The average molecular weight is 512 g/mol. The third kappa shape index (κ3) is 6.29. The van der Waals surface area contributed by atoms with Crippen LogP contribution in [0.15, 0.2) is 60.7 Å². The molecule has 0 N–H and O–H groups in total. The third-order valence-corrected chi connectivity index (χ3v) is 6.62. The average Bonchev–Trinajstić information content (AvgIpc) is 2.88. The van der Waals surface area contributed by atoms with Crippen LogP contribution in [0.1, 0.15) is 12.5 Å². The fourth-order valence-electron chi connectivity index (χ4n) is 4.04. The highest BCUT2D eigenvalue weighted by Crippen LogP contribution is 2.29. The maximum Gasteiger partial charge on any atom is 0.242 e. The lowest BCUT2D eigenvalue weighted by Crippen LogP contribution is -2.52. The third-order valence-electron chi connectivity index (χ3n) is 6.07. The number of hydrogen-bond donors (Lipinski definition) is 0. The molecule has 2 heterocycles. The van der Waals surface area contributed by atoms with Crippen molar-refractivity contribution in [3.63, 3.8) is 0 Å². The molecule has 1 aliphatic rings. The number of amides is 2. The summed E-state index contributed by atoms with van der Waals surface area (Å²) in [6.07, 6.45) is 0.297. The van der Waals surface area contributed by atoms with Gasteiger partial charge in [0.25, 0.3) is 0 Å². The molecule has 0 saturated carbocycles. The Morgan fingerprint density at radius 3 is 2.31 bits per heavy atom. The first-order chi connectivity index (χ1) is 16.9. The molecule has 9 heteroatoms. The number of carbonyl (C=O) groups is 2. The van der Waals surface area contributed by atoms with Crippen molar-refractivity contribution in [2.24, 2.45) is 0 Å². The molecule has 2 aromatic carbocycles. The van der Waals surface area contributed by atoms with Gasteiger partial charge in [0.15, 0.2) is 5.82 Å². The summed E-state index contributed by atoms with van der Waals surface area (Å²) in [7, 11) is 0. The minimum absolute atomic E-state index is 0.0354. The standard InChI is InChI=1S/C26H27Cl2N5O2/c1-2-31(25(34)16-19-6-4-3-5-7-19)18-26(35)33-14-12-32(13-15-33)24-11-10-23(29-30-24)21-9-8-20(27)17-22(21)28/h3-11,17H,2,12-16,18H2,1H3. The topological polar surface area (TPSA) is 69.6 Å². The Morgan fingerprint density at radius 1 is 0.943 bits per heavy atom. The lowest BCUT2D eigenvalue weighted by molar-refractivity contribution is -0.140. The molecular weight excluding hydrogens is 485 g/mol. The summed E-state index contributed by atoms with van der Waals surface area (Å²) in [5, 5.41) is 9.79. The molecule has 4 rings (SSSR count). The minimum atomic E-state index is -0.0400. The van der Waals surface area contributed by atoms with Crippen LogP contribution in [0.25, 0.3) is 11.3 Å². The first-order valence-corrected chi connectivity index (χ1v) is 12.3. The number of likely N-dealkylation sites (N-methyl/N-ethyl adjacent to an activating group) is 1. The van der Waals surface area contributed by atoms with E-state index in [4.69, 9.17) is 23.2 Å². The van der Waals surface area contributed by atoms with Crippen molar-refractivity contribution >= 4 is 40.8 Å². The fourth-order valence-corrected chi connectivity index (χ4v) is 4.55. The van der Waals surface area contributed by atoms with E-state index in [0.29, 0.717) is 54.9 Å². The molecule has 0 radical (unpaired) electrons. The quantitative estimate of drug-likeness (QED) is 0.475. The second-order valence-corrected chi connectivity index (χ2v) is 9.18. The summed E-state index contributed by atoms with van der Waals surface area (Å²) >= 11 is 12.3. The zero-order chi connectivity index (χ0) is 24.8. The molecule has 3 aromatic rings. The van der Waals surface area contributed by atoms with Crippen molar-refractivity contribution in [1.29, 1.82) is 0 Å². The Kier molecular flexibility index (Phi) is 8.21. The van der Waals surface area contributed by atoms with E-state index in [1.807, 2.05) is 60.4 Å². The van der Waals surface area contributed by atoms with Crippen molar-refractivity contribution in [1.82, 2.24) is 20.0 Å². The van der Waals surface area contributed by atoms with Crippen molar-refractivity contribution in [2.45, 2.75) is 13.3 Å². The predicted molar refractivity (Wildman–Crippen MR) is 139 cm³/mol. The van der Waals surface area contributed by atoms with Crippen LogP contribution in [0, 0.1) is 0 Å². The number of nitrogens with zero attached hydrogens (tertiary/aromatic N) is 5. The van der Waals surface area contributed by atoms with E-state index in [1.54, 1.807) is 17.0 Å². The number of anilines is 1. The summed E-state index contributed by atoms with van der Waals surface area (Å²) in [4.78, 5) is 31.1. The highest BCUT2D eigenvalue weighted by Gasteiger charge is 2.25. The van der Waals surface area contributed by atoms with E-state index in [-0.39, 0.29) is 18.4 Å². The van der Waals surface area contributed by atoms with Crippen LogP contribution < -0.4 is 4.90 Å². The van der Waals surface area contributed by atoms with E-state index in [9.17, 15) is 9.59 Å². The molecular formula is C26H27Cl2N5O2. The lowest BCUT2D eigenvalue weighted by atomic mass is 10.1. The number of aromatic nitrogens is 2. The van der Waals surface area contributed by atoms with Gasteiger partial charge in [-0.3, -0.25) is 9.59 Å². The molecule has 0 bridgehead atoms. The SMILES string of the molecule is CCN(CC(=O)N1CCN(c2ccc(-c3ccc(Cl)cc3Cl)nn2)CC1)C(=O)Cc1ccccc1. The molecule has 0 atom stereocenters. The summed E-state index contributed by atoms with van der Waals surface area (Å²) in [6, 6.07) is 18.6. The second-order valence-electron chi connectivity index (χ2n) is 8.34. The predicted octanol–water partition coefficient (Wildman–Crippen LogP) is 4.19. The van der Waals surface area contributed by atoms with Gasteiger partial charge >= 0.3 is 0 Å². The zero-order valence-electron chi connectivity index (χ0n) is 19.5. The Hall–Kier alpha value is -3.16. The highest BCUT2D eigenvalue weighted by molar-refractivity contribution is 6.36. The number of hydrogen-bond acceptors (Lipinski definition) is 5. The maximum atomic E-state index is 12.9. The largest absolute Gasteiger partial charge is 0.352 e. The van der Waals surface area contributed by atoms with Crippen LogP contribution in [0.4, 0.5) is 5.82 Å². The minimum Gasteiger partial charge on any atom is -0.352 e. The molecule has 7 nitrogen and oxygen atoms in total. The molecule has 2 amide bonds. The highest BCUT2D eigenvalue weighted by atomic mass is 35.5. The van der Waals surface area contributed by atoms with Crippen molar-refractivity contribution in [3.8, 4) is 11.3 Å². The Balaban J connectivity index is 1.30. The van der Waals surface area contributed by atoms with Gasteiger partial charge in [-0.1, -0.05) is 53.5 Å². The van der Waals surface area contributed by atoms with E-state index in [1.165, 1.54) is 0 Å². The number of benzene rings is 2. The summed E-state index contributed by atoms with van der Waals surface area (Å²) < 4.78 is 0. The monoisotopic (exact) mass is 511 g/mol. The van der Waals surface area contributed by atoms with Crippen LogP contribution in [-0.2, 0) is 16.0 Å². The molecule has 1 saturated heterocycles. The first-order valence-electron chi connectivity index (χ1n) is 11.6. The zero-order valence-corrected chi connectivity index (χ0v) is 21.0. The first kappa shape index (κ1) is 24.9. The van der Waals surface area contributed by atoms with Gasteiger partial charge in [-0.2, -0.15) is 0 Å². The van der Waals surface area contributed by atoms with Gasteiger partial charge in [-0.15, -0.1) is 10.2 Å². The van der Waals surface area contributed by atoms with Crippen LogP contribution in [-0.4, -0.2) is 71.1 Å². The molecule has 1 fully saturated rings. The molecule has 1 aromatic heterocycles. The molecule has 0 spiro atoms. The van der Waals surface area contributed by atoms with E-state index >= 15 is 0 Å². The number of rotatable bonds is 7. The van der Waals surface area contributed by atoms with E-state index in [2.05, 4.69) is 15.1 Å². The normalized spacial score (nSPS) is 13.6. The van der Waals surface area contributed by atoms with Gasteiger partial charge in [0.2, 0.25) is 11.8 Å².